The Hall–Kier alpha value is -3.41. The van der Waals surface area contributed by atoms with E-state index in [0.29, 0.717) is 11.3 Å². The second kappa shape index (κ2) is 8.31. The van der Waals surface area contributed by atoms with Crippen LogP contribution in [0.3, 0.4) is 0 Å². The minimum Gasteiger partial charge on any atom is -0.452 e. The van der Waals surface area contributed by atoms with Crippen LogP contribution in [-0.2, 0) is 16.0 Å². The van der Waals surface area contributed by atoms with E-state index >= 15 is 0 Å². The average molecular weight is 363 g/mol. The van der Waals surface area contributed by atoms with Gasteiger partial charge in [-0.2, -0.15) is 5.10 Å². The maximum absolute atomic E-state index is 12.1. The summed E-state index contributed by atoms with van der Waals surface area (Å²) in [6.07, 6.45) is 2.60. The summed E-state index contributed by atoms with van der Waals surface area (Å²) in [6.45, 7) is 3.65. The average Bonchev–Trinajstić information content (AvgIpc) is 3.12. The molecule has 6 nitrogen and oxygen atoms in total. The van der Waals surface area contributed by atoms with Crippen molar-refractivity contribution in [1.82, 2.24) is 9.78 Å². The number of hydrogen-bond donors (Lipinski definition) is 1. The molecule has 0 radical (unpaired) electrons. The lowest BCUT2D eigenvalue weighted by molar-refractivity contribution is -0.119. The van der Waals surface area contributed by atoms with Crippen molar-refractivity contribution in [3.63, 3.8) is 0 Å². The largest absolute Gasteiger partial charge is 0.452 e. The molecule has 27 heavy (non-hydrogen) atoms. The van der Waals surface area contributed by atoms with Gasteiger partial charge in [0.1, 0.15) is 0 Å². The van der Waals surface area contributed by atoms with E-state index in [9.17, 15) is 9.59 Å². The molecule has 1 aromatic heterocycles. The van der Waals surface area contributed by atoms with Gasteiger partial charge in [-0.15, -0.1) is 0 Å². The second-order valence-electron chi connectivity index (χ2n) is 6.11. The Balaban J connectivity index is 1.55. The maximum Gasteiger partial charge on any atom is 0.338 e. The van der Waals surface area contributed by atoms with Crippen LogP contribution in [0.25, 0.3) is 5.69 Å². The summed E-state index contributed by atoms with van der Waals surface area (Å²) >= 11 is 0. The number of aryl methyl sites for hydroxylation is 2. The van der Waals surface area contributed by atoms with Gasteiger partial charge >= 0.3 is 5.97 Å². The van der Waals surface area contributed by atoms with Crippen molar-refractivity contribution >= 4 is 17.6 Å². The number of ether oxygens (including phenoxy) is 1. The van der Waals surface area contributed by atoms with E-state index in [0.717, 1.165) is 23.4 Å². The molecule has 6 heteroatoms. The number of benzene rings is 2. The Kier molecular flexibility index (Phi) is 5.66. The van der Waals surface area contributed by atoms with E-state index in [1.807, 2.05) is 38.1 Å². The van der Waals surface area contributed by atoms with E-state index in [-0.39, 0.29) is 12.5 Å². The monoisotopic (exact) mass is 363 g/mol. The molecule has 0 spiro atoms. The molecule has 0 unspecified atom stereocenters. The van der Waals surface area contributed by atoms with Gasteiger partial charge in [0.05, 0.1) is 11.3 Å². The molecule has 0 atom stereocenters. The van der Waals surface area contributed by atoms with Gasteiger partial charge in [0.25, 0.3) is 5.91 Å². The molecular weight excluding hydrogens is 342 g/mol. The third-order valence-corrected chi connectivity index (χ3v) is 4.13. The van der Waals surface area contributed by atoms with E-state index in [2.05, 4.69) is 10.4 Å². The number of aromatic nitrogens is 2. The van der Waals surface area contributed by atoms with Crippen molar-refractivity contribution < 1.29 is 14.3 Å². The zero-order valence-electron chi connectivity index (χ0n) is 15.3. The van der Waals surface area contributed by atoms with Gasteiger partial charge in [-0.1, -0.05) is 19.1 Å². The molecule has 3 aromatic rings. The van der Waals surface area contributed by atoms with Crippen molar-refractivity contribution in [2.75, 3.05) is 11.9 Å². The molecule has 138 valence electrons. The molecule has 0 aliphatic rings. The number of anilines is 1. The SMILES string of the molecule is CCc1cccc(NC(=O)COC(=O)c2ccc(-n3nccc3C)cc2)c1. The first-order valence-corrected chi connectivity index (χ1v) is 8.74. The van der Waals surface area contributed by atoms with E-state index < -0.39 is 5.97 Å². The molecule has 0 fully saturated rings. The second-order valence-corrected chi connectivity index (χ2v) is 6.11. The van der Waals surface area contributed by atoms with Crippen LogP contribution >= 0.6 is 0 Å². The van der Waals surface area contributed by atoms with Crippen molar-refractivity contribution in [3.05, 3.63) is 77.6 Å². The first kappa shape index (κ1) is 18.4. The van der Waals surface area contributed by atoms with Gasteiger partial charge in [0.15, 0.2) is 6.61 Å². The Labute approximate surface area is 157 Å². The van der Waals surface area contributed by atoms with E-state index in [1.54, 1.807) is 41.2 Å². The molecule has 0 bridgehead atoms. The highest BCUT2D eigenvalue weighted by Gasteiger charge is 2.11. The van der Waals surface area contributed by atoms with Gasteiger partial charge < -0.3 is 10.1 Å². The summed E-state index contributed by atoms with van der Waals surface area (Å²) in [6, 6.07) is 16.3. The van der Waals surface area contributed by atoms with Crippen LogP contribution in [0.15, 0.2) is 60.8 Å². The Morgan fingerprint density at radius 3 is 2.56 bits per heavy atom. The number of rotatable bonds is 6. The van der Waals surface area contributed by atoms with Crippen LogP contribution in [-0.4, -0.2) is 28.3 Å². The first-order chi connectivity index (χ1) is 13.1. The Morgan fingerprint density at radius 1 is 1.11 bits per heavy atom. The molecule has 1 amide bonds. The molecule has 2 aromatic carbocycles. The fraction of sp³-hybridized carbons (Fsp3) is 0.190. The third kappa shape index (κ3) is 4.61. The van der Waals surface area contributed by atoms with E-state index in [4.69, 9.17) is 4.74 Å². The van der Waals surface area contributed by atoms with Crippen LogP contribution in [0.4, 0.5) is 5.69 Å². The number of esters is 1. The zero-order valence-corrected chi connectivity index (χ0v) is 15.3. The van der Waals surface area contributed by atoms with Gasteiger partial charge in [0, 0.05) is 17.6 Å². The minimum absolute atomic E-state index is 0.338. The van der Waals surface area contributed by atoms with Crippen molar-refractivity contribution in [1.29, 1.82) is 0 Å². The van der Waals surface area contributed by atoms with Crippen molar-refractivity contribution in [2.45, 2.75) is 20.3 Å². The molecule has 0 aliphatic carbocycles. The van der Waals surface area contributed by atoms with Gasteiger partial charge in [0.2, 0.25) is 0 Å². The molecule has 0 aliphatic heterocycles. The van der Waals surface area contributed by atoms with Crippen LogP contribution < -0.4 is 5.32 Å². The smallest absolute Gasteiger partial charge is 0.338 e. The highest BCUT2D eigenvalue weighted by molar-refractivity contribution is 5.95. The number of nitrogens with one attached hydrogen (secondary N) is 1. The summed E-state index contributed by atoms with van der Waals surface area (Å²) in [5.74, 6) is -0.920. The number of amides is 1. The van der Waals surface area contributed by atoms with Gasteiger partial charge in [-0.3, -0.25) is 4.79 Å². The highest BCUT2D eigenvalue weighted by atomic mass is 16.5. The third-order valence-electron chi connectivity index (χ3n) is 4.13. The fourth-order valence-electron chi connectivity index (χ4n) is 2.66. The maximum atomic E-state index is 12.1. The minimum atomic E-state index is -0.545. The normalized spacial score (nSPS) is 10.4. The molecule has 1 N–H and O–H groups in total. The highest BCUT2D eigenvalue weighted by Crippen LogP contribution is 2.13. The molecule has 1 heterocycles. The van der Waals surface area contributed by atoms with Gasteiger partial charge in [-0.05, 0) is 61.4 Å². The number of nitrogens with zero attached hydrogens (tertiary/aromatic N) is 2. The van der Waals surface area contributed by atoms with Crippen LogP contribution in [0.1, 0.15) is 28.5 Å². The zero-order chi connectivity index (χ0) is 19.2. The Bertz CT molecular complexity index is 945. The van der Waals surface area contributed by atoms with Crippen molar-refractivity contribution in [3.8, 4) is 5.69 Å². The molecular formula is C21H21N3O3. The summed E-state index contributed by atoms with van der Waals surface area (Å²) in [5, 5.41) is 6.95. The lowest BCUT2D eigenvalue weighted by Gasteiger charge is -2.08. The summed E-state index contributed by atoms with van der Waals surface area (Å²) in [7, 11) is 0. The van der Waals surface area contributed by atoms with Gasteiger partial charge in [-0.25, -0.2) is 9.48 Å². The lowest BCUT2D eigenvalue weighted by atomic mass is 10.1. The summed E-state index contributed by atoms with van der Waals surface area (Å²) in [4.78, 5) is 24.1. The van der Waals surface area contributed by atoms with E-state index in [1.165, 1.54) is 0 Å². The van der Waals surface area contributed by atoms with Crippen molar-refractivity contribution in [2.24, 2.45) is 0 Å². The number of hydrogen-bond acceptors (Lipinski definition) is 4. The first-order valence-electron chi connectivity index (χ1n) is 8.74. The summed E-state index contributed by atoms with van der Waals surface area (Å²) < 4.78 is 6.87. The topological polar surface area (TPSA) is 73.2 Å². The quantitative estimate of drug-likeness (QED) is 0.680. The van der Waals surface area contributed by atoms with Crippen LogP contribution in [0.5, 0.6) is 0 Å². The predicted molar refractivity (Wildman–Crippen MR) is 103 cm³/mol. The Morgan fingerprint density at radius 2 is 1.89 bits per heavy atom. The van der Waals surface area contributed by atoms with Crippen LogP contribution in [0, 0.1) is 6.92 Å². The molecule has 0 saturated heterocycles. The number of carbonyl (C=O) groups is 2. The predicted octanol–water partition coefficient (Wildman–Crippen LogP) is 3.54. The number of carbonyl (C=O) groups excluding carboxylic acids is 2. The summed E-state index contributed by atoms with van der Waals surface area (Å²) in [5.41, 5.74) is 4.03. The standard InChI is InChI=1S/C21H21N3O3/c1-3-16-5-4-6-18(13-16)23-20(25)14-27-21(26)17-7-9-19(10-8-17)24-15(2)11-12-22-24/h4-13H,3,14H2,1-2H3,(H,23,25). The molecule has 0 saturated carbocycles. The molecule has 3 rings (SSSR count). The lowest BCUT2D eigenvalue weighted by Crippen LogP contribution is -2.21. The van der Waals surface area contributed by atoms with Crippen LogP contribution in [0.2, 0.25) is 0 Å². The fourth-order valence-corrected chi connectivity index (χ4v) is 2.66.